The van der Waals surface area contributed by atoms with Crippen LogP contribution in [-0.2, 0) is 14.3 Å². The predicted octanol–water partition coefficient (Wildman–Crippen LogP) is 6.02. The highest BCUT2D eigenvalue weighted by Gasteiger charge is 2.23. The van der Waals surface area contributed by atoms with Crippen LogP contribution in [0.1, 0.15) is 77.1 Å². The van der Waals surface area contributed by atoms with E-state index in [2.05, 4.69) is 13.8 Å². The van der Waals surface area contributed by atoms with Crippen LogP contribution in [0.25, 0.3) is 0 Å². The Morgan fingerprint density at radius 1 is 1.07 bits per heavy atom. The Labute approximate surface area is 168 Å². The molecule has 1 atom stereocenters. The highest BCUT2D eigenvalue weighted by atomic mass is 35.5. The molecular formula is C22H33ClO4. The average Bonchev–Trinajstić information content (AvgIpc) is 2.69. The number of carbonyl (C=O) groups excluding carboxylic acids is 1. The van der Waals surface area contributed by atoms with Gasteiger partial charge in [0.25, 0.3) is 0 Å². The number of alkyl halides is 1. The average molecular weight is 397 g/mol. The quantitative estimate of drug-likeness (QED) is 0.198. The van der Waals surface area contributed by atoms with Gasteiger partial charge in [0, 0.05) is 11.5 Å². The number of rotatable bonds is 11. The maximum atomic E-state index is 12.0. The summed E-state index contributed by atoms with van der Waals surface area (Å²) < 4.78 is 17.1. The normalized spacial score (nSPS) is 21.0. The van der Waals surface area contributed by atoms with Gasteiger partial charge in [0.05, 0.1) is 13.2 Å². The Kier molecular flexibility index (Phi) is 10.2. The van der Waals surface area contributed by atoms with Gasteiger partial charge in [-0.05, 0) is 25.0 Å². The molecule has 1 fully saturated rings. The van der Waals surface area contributed by atoms with Crippen LogP contribution in [-0.4, -0.2) is 24.6 Å². The van der Waals surface area contributed by atoms with E-state index in [0.717, 1.165) is 44.5 Å². The van der Waals surface area contributed by atoms with E-state index in [4.69, 9.17) is 25.8 Å². The Bertz CT molecular complexity index is 538. The van der Waals surface area contributed by atoms with Crippen LogP contribution in [0, 0.1) is 5.92 Å². The van der Waals surface area contributed by atoms with Crippen molar-refractivity contribution in [2.75, 3.05) is 13.2 Å². The lowest BCUT2D eigenvalue weighted by Crippen LogP contribution is -2.27. The summed E-state index contributed by atoms with van der Waals surface area (Å²) >= 11 is 6.11. The lowest BCUT2D eigenvalue weighted by atomic mass is 10.0. The summed E-state index contributed by atoms with van der Waals surface area (Å²) in [5, 5.41) is -0.592. The first-order valence-electron chi connectivity index (χ1n) is 10.3. The third-order valence-corrected chi connectivity index (χ3v) is 5.27. The molecule has 2 rings (SSSR count). The molecule has 1 aliphatic heterocycles. The van der Waals surface area contributed by atoms with Crippen molar-refractivity contribution in [1.82, 2.24) is 0 Å². The molecule has 1 heterocycles. The van der Waals surface area contributed by atoms with Gasteiger partial charge < -0.3 is 14.2 Å². The Hall–Kier alpha value is -1.10. The Balaban J connectivity index is 1.76. The molecule has 1 aromatic carbocycles. The maximum absolute atomic E-state index is 12.0. The number of benzene rings is 1. The molecule has 0 saturated carbocycles. The van der Waals surface area contributed by atoms with Crippen molar-refractivity contribution >= 4 is 17.6 Å². The number of carbonyl (C=O) groups is 1. The third-order valence-electron chi connectivity index (χ3n) is 4.87. The predicted molar refractivity (Wildman–Crippen MR) is 108 cm³/mol. The van der Waals surface area contributed by atoms with Crippen LogP contribution in [0.2, 0.25) is 0 Å². The SMILES string of the molecule is CCCCCC1COC(c2ccc(OC(=O)C(Cl)CCCCC)cc2)OC1. The van der Waals surface area contributed by atoms with Gasteiger partial charge in [0.2, 0.25) is 0 Å². The van der Waals surface area contributed by atoms with E-state index < -0.39 is 5.38 Å². The smallest absolute Gasteiger partial charge is 0.329 e. The molecule has 0 radical (unpaired) electrons. The summed E-state index contributed by atoms with van der Waals surface area (Å²) in [5.41, 5.74) is 0.937. The van der Waals surface area contributed by atoms with Gasteiger partial charge in [-0.15, -0.1) is 11.6 Å². The number of ether oxygens (including phenoxy) is 3. The van der Waals surface area contributed by atoms with E-state index >= 15 is 0 Å². The highest BCUT2D eigenvalue weighted by molar-refractivity contribution is 6.30. The standard InChI is InChI=1S/C22H33ClO4/c1-3-5-7-9-17-15-25-22(26-16-17)18-11-13-19(14-12-18)27-21(24)20(23)10-8-6-4-2/h11-14,17,20,22H,3-10,15-16H2,1-2H3. The van der Waals surface area contributed by atoms with E-state index in [-0.39, 0.29) is 12.3 Å². The van der Waals surface area contributed by atoms with Crippen molar-refractivity contribution in [3.8, 4) is 5.75 Å². The monoisotopic (exact) mass is 396 g/mol. The number of halogens is 1. The zero-order valence-corrected chi connectivity index (χ0v) is 17.4. The van der Waals surface area contributed by atoms with Gasteiger partial charge in [-0.25, -0.2) is 0 Å². The van der Waals surface area contributed by atoms with E-state index in [0.29, 0.717) is 18.1 Å². The van der Waals surface area contributed by atoms with Crippen molar-refractivity contribution in [1.29, 1.82) is 0 Å². The molecule has 1 aromatic rings. The molecule has 0 spiro atoms. The number of hydrogen-bond donors (Lipinski definition) is 0. The lowest BCUT2D eigenvalue weighted by molar-refractivity contribution is -0.206. The van der Waals surface area contributed by atoms with Crippen molar-refractivity contribution in [3.05, 3.63) is 29.8 Å². The highest BCUT2D eigenvalue weighted by Crippen LogP contribution is 2.28. The summed E-state index contributed by atoms with van der Waals surface area (Å²) in [4.78, 5) is 12.0. The second-order valence-corrected chi connectivity index (χ2v) is 7.84. The summed E-state index contributed by atoms with van der Waals surface area (Å²) in [7, 11) is 0. The van der Waals surface area contributed by atoms with Crippen molar-refractivity contribution in [2.45, 2.75) is 76.9 Å². The van der Waals surface area contributed by atoms with Gasteiger partial charge in [-0.2, -0.15) is 0 Å². The summed E-state index contributed by atoms with van der Waals surface area (Å²) in [6, 6.07) is 7.29. The van der Waals surface area contributed by atoms with Crippen LogP contribution in [0.3, 0.4) is 0 Å². The summed E-state index contributed by atoms with van der Waals surface area (Å²) in [6.07, 6.45) is 8.32. The molecule has 1 saturated heterocycles. The van der Waals surface area contributed by atoms with Gasteiger partial charge in [0.15, 0.2) is 6.29 Å². The summed E-state index contributed by atoms with van der Waals surface area (Å²) in [6.45, 7) is 5.80. The molecular weight excluding hydrogens is 364 g/mol. The van der Waals surface area contributed by atoms with Crippen LogP contribution in [0.15, 0.2) is 24.3 Å². The largest absolute Gasteiger partial charge is 0.425 e. The molecule has 0 N–H and O–H groups in total. The molecule has 0 amide bonds. The van der Waals surface area contributed by atoms with Crippen molar-refractivity contribution in [3.63, 3.8) is 0 Å². The molecule has 0 aromatic heterocycles. The molecule has 27 heavy (non-hydrogen) atoms. The zero-order valence-electron chi connectivity index (χ0n) is 16.6. The zero-order chi connectivity index (χ0) is 19.5. The second kappa shape index (κ2) is 12.4. The second-order valence-electron chi connectivity index (χ2n) is 7.31. The van der Waals surface area contributed by atoms with Gasteiger partial charge in [0.1, 0.15) is 11.1 Å². The van der Waals surface area contributed by atoms with Crippen molar-refractivity contribution in [2.24, 2.45) is 5.92 Å². The topological polar surface area (TPSA) is 44.8 Å². The molecule has 4 nitrogen and oxygen atoms in total. The van der Waals surface area contributed by atoms with E-state index in [1.54, 1.807) is 12.1 Å². The molecule has 0 bridgehead atoms. The molecule has 1 aliphatic rings. The number of unbranched alkanes of at least 4 members (excludes halogenated alkanes) is 4. The Morgan fingerprint density at radius 2 is 1.70 bits per heavy atom. The number of esters is 1. The van der Waals surface area contributed by atoms with Crippen molar-refractivity contribution < 1.29 is 19.0 Å². The molecule has 1 unspecified atom stereocenters. The molecule has 5 heteroatoms. The number of hydrogen-bond acceptors (Lipinski definition) is 4. The lowest BCUT2D eigenvalue weighted by Gasteiger charge is -2.29. The first-order valence-corrected chi connectivity index (χ1v) is 10.8. The van der Waals surface area contributed by atoms with Crippen LogP contribution in [0.4, 0.5) is 0 Å². The van der Waals surface area contributed by atoms with Gasteiger partial charge in [-0.3, -0.25) is 4.79 Å². The minimum absolute atomic E-state index is 0.341. The fourth-order valence-electron chi connectivity index (χ4n) is 3.15. The van der Waals surface area contributed by atoms with Crippen LogP contribution in [0.5, 0.6) is 5.75 Å². The van der Waals surface area contributed by atoms with Gasteiger partial charge >= 0.3 is 5.97 Å². The first-order chi connectivity index (χ1) is 13.1. The first kappa shape index (κ1) is 22.2. The molecule has 0 aliphatic carbocycles. The van der Waals surface area contributed by atoms with Gasteiger partial charge in [-0.1, -0.05) is 64.5 Å². The minimum Gasteiger partial charge on any atom is -0.425 e. The summed E-state index contributed by atoms with van der Waals surface area (Å²) in [5.74, 6) is 0.597. The third kappa shape index (κ3) is 7.81. The van der Waals surface area contributed by atoms with E-state index in [9.17, 15) is 4.79 Å². The van der Waals surface area contributed by atoms with Crippen LogP contribution < -0.4 is 4.74 Å². The van der Waals surface area contributed by atoms with Crippen LogP contribution >= 0.6 is 11.6 Å². The fraction of sp³-hybridized carbons (Fsp3) is 0.682. The fourth-order valence-corrected chi connectivity index (χ4v) is 3.35. The van der Waals surface area contributed by atoms with E-state index in [1.165, 1.54) is 19.3 Å². The Morgan fingerprint density at radius 3 is 2.33 bits per heavy atom. The minimum atomic E-state index is -0.592. The van der Waals surface area contributed by atoms with E-state index in [1.807, 2.05) is 12.1 Å². The maximum Gasteiger partial charge on any atom is 0.329 e. The molecule has 152 valence electrons.